The number of piperidine rings is 1. The summed E-state index contributed by atoms with van der Waals surface area (Å²) in [5.74, 6) is -0.0259. The molecule has 4 nitrogen and oxygen atoms in total. The molecule has 5 heteroatoms. The Morgan fingerprint density at radius 2 is 1.95 bits per heavy atom. The van der Waals surface area contributed by atoms with Crippen LogP contribution in [-0.2, 0) is 0 Å². The molecule has 0 aliphatic carbocycles. The van der Waals surface area contributed by atoms with E-state index < -0.39 is 0 Å². The van der Waals surface area contributed by atoms with Crippen molar-refractivity contribution in [3.63, 3.8) is 0 Å². The van der Waals surface area contributed by atoms with Crippen molar-refractivity contribution in [2.75, 3.05) is 31.9 Å². The summed E-state index contributed by atoms with van der Waals surface area (Å²) in [5.41, 5.74) is 6.87. The van der Waals surface area contributed by atoms with Gasteiger partial charge in [0.15, 0.2) is 0 Å². The van der Waals surface area contributed by atoms with Crippen LogP contribution in [0.5, 0.6) is 0 Å². The lowest BCUT2D eigenvalue weighted by Crippen LogP contribution is -2.49. The normalized spacial score (nSPS) is 23.5. The molecule has 2 saturated heterocycles. The average Bonchev–Trinajstić information content (AvgIpc) is 3.01. The van der Waals surface area contributed by atoms with Gasteiger partial charge in [0.05, 0.1) is 10.6 Å². The number of hydrogen-bond donors (Lipinski definition) is 1. The van der Waals surface area contributed by atoms with Crippen molar-refractivity contribution in [2.24, 2.45) is 0 Å². The first-order valence-corrected chi connectivity index (χ1v) is 8.12. The summed E-state index contributed by atoms with van der Waals surface area (Å²) in [6, 6.07) is 5.74. The van der Waals surface area contributed by atoms with Crippen molar-refractivity contribution in [3.05, 3.63) is 28.8 Å². The van der Waals surface area contributed by atoms with E-state index in [1.807, 2.05) is 4.90 Å². The first kappa shape index (κ1) is 14.7. The molecule has 1 unspecified atom stereocenters. The van der Waals surface area contributed by atoms with Crippen LogP contribution < -0.4 is 5.73 Å². The lowest BCUT2D eigenvalue weighted by atomic mass is 10.0. The fraction of sp³-hybridized carbons (Fsp3) is 0.562. The molecule has 0 spiro atoms. The minimum atomic E-state index is -0.0259. The van der Waals surface area contributed by atoms with E-state index in [-0.39, 0.29) is 5.91 Å². The van der Waals surface area contributed by atoms with Crippen molar-refractivity contribution in [3.8, 4) is 0 Å². The number of rotatable bonds is 2. The van der Waals surface area contributed by atoms with E-state index >= 15 is 0 Å². The van der Waals surface area contributed by atoms with Gasteiger partial charge in [-0.25, -0.2) is 0 Å². The Morgan fingerprint density at radius 1 is 1.19 bits per heavy atom. The van der Waals surface area contributed by atoms with Crippen LogP contribution in [0, 0.1) is 0 Å². The summed E-state index contributed by atoms with van der Waals surface area (Å²) in [4.78, 5) is 17.2. The number of carbonyl (C=O) groups excluding carboxylic acids is 1. The number of likely N-dealkylation sites (tertiary alicyclic amines) is 2. The number of hydrogen-bond acceptors (Lipinski definition) is 3. The zero-order valence-corrected chi connectivity index (χ0v) is 13.0. The molecule has 0 aromatic heterocycles. The number of halogens is 1. The van der Waals surface area contributed by atoms with Gasteiger partial charge in [-0.3, -0.25) is 9.69 Å². The second-order valence-corrected chi connectivity index (χ2v) is 6.40. The highest BCUT2D eigenvalue weighted by Gasteiger charge is 2.30. The van der Waals surface area contributed by atoms with E-state index in [2.05, 4.69) is 4.90 Å². The maximum absolute atomic E-state index is 12.7. The Hall–Kier alpha value is -1.26. The van der Waals surface area contributed by atoms with Gasteiger partial charge in [0.2, 0.25) is 0 Å². The van der Waals surface area contributed by atoms with Crippen LogP contribution in [0.25, 0.3) is 0 Å². The maximum Gasteiger partial charge on any atom is 0.257 e. The number of nitrogen functional groups attached to an aromatic ring is 1. The Balaban J connectivity index is 1.75. The monoisotopic (exact) mass is 307 g/mol. The molecular formula is C16H22ClN3O. The van der Waals surface area contributed by atoms with Crippen LogP contribution in [0.4, 0.5) is 5.69 Å². The Bertz CT molecular complexity index is 508. The van der Waals surface area contributed by atoms with Gasteiger partial charge in [0.1, 0.15) is 0 Å². The van der Waals surface area contributed by atoms with Crippen molar-refractivity contribution in [2.45, 2.75) is 31.7 Å². The summed E-state index contributed by atoms with van der Waals surface area (Å²) in [5, 5.41) is 0.447. The molecule has 2 aliphatic rings. The quantitative estimate of drug-likeness (QED) is 0.855. The topological polar surface area (TPSA) is 49.6 Å². The number of anilines is 1. The highest BCUT2D eigenvalue weighted by atomic mass is 35.5. The third kappa shape index (κ3) is 3.01. The van der Waals surface area contributed by atoms with Crippen LogP contribution in [-0.4, -0.2) is 47.9 Å². The molecule has 1 aromatic rings. The first-order valence-electron chi connectivity index (χ1n) is 7.74. The smallest absolute Gasteiger partial charge is 0.257 e. The SMILES string of the molecule is Nc1cccc(Cl)c1C(=O)N1CCCC(N2CCCC2)C1. The third-order valence-corrected chi connectivity index (χ3v) is 4.92. The van der Waals surface area contributed by atoms with E-state index in [1.54, 1.807) is 18.2 Å². The molecule has 0 saturated carbocycles. The zero-order valence-electron chi connectivity index (χ0n) is 12.2. The Labute approximate surface area is 130 Å². The lowest BCUT2D eigenvalue weighted by Gasteiger charge is -2.37. The first-order chi connectivity index (χ1) is 10.2. The molecule has 3 rings (SSSR count). The fourth-order valence-corrected chi connectivity index (χ4v) is 3.73. The summed E-state index contributed by atoms with van der Waals surface area (Å²) in [6.45, 7) is 3.93. The zero-order chi connectivity index (χ0) is 14.8. The van der Waals surface area contributed by atoms with Crippen LogP contribution in [0.2, 0.25) is 5.02 Å². The van der Waals surface area contributed by atoms with Crippen LogP contribution in [0.1, 0.15) is 36.0 Å². The van der Waals surface area contributed by atoms with Crippen LogP contribution in [0.15, 0.2) is 18.2 Å². The molecule has 1 atom stereocenters. The molecule has 1 amide bonds. The van der Waals surface area contributed by atoms with Gasteiger partial charge in [-0.05, 0) is 50.9 Å². The predicted octanol–water partition coefficient (Wildman–Crippen LogP) is 2.62. The average molecular weight is 308 g/mol. The highest BCUT2D eigenvalue weighted by Crippen LogP contribution is 2.26. The molecular weight excluding hydrogens is 286 g/mol. The summed E-state index contributed by atoms with van der Waals surface area (Å²) < 4.78 is 0. The molecule has 0 radical (unpaired) electrons. The van der Waals surface area contributed by atoms with Crippen molar-refractivity contribution in [1.29, 1.82) is 0 Å². The molecule has 114 valence electrons. The van der Waals surface area contributed by atoms with E-state index in [1.165, 1.54) is 32.4 Å². The molecule has 2 N–H and O–H groups in total. The minimum absolute atomic E-state index is 0.0259. The Kier molecular flexibility index (Phi) is 4.36. The van der Waals surface area contributed by atoms with Gasteiger partial charge in [0.25, 0.3) is 5.91 Å². The fourth-order valence-electron chi connectivity index (χ4n) is 3.47. The second-order valence-electron chi connectivity index (χ2n) is 5.99. The van der Waals surface area contributed by atoms with Gasteiger partial charge in [0, 0.05) is 24.8 Å². The standard InChI is InChI=1S/C16H22ClN3O/c17-13-6-3-7-14(18)15(13)16(21)20-10-4-5-12(11-20)19-8-1-2-9-19/h3,6-7,12H,1-2,4-5,8-11,18H2. The van der Waals surface area contributed by atoms with Crippen molar-refractivity contribution < 1.29 is 4.79 Å². The number of nitrogens with two attached hydrogens (primary N) is 1. The summed E-state index contributed by atoms with van der Waals surface area (Å²) >= 11 is 6.17. The predicted molar refractivity (Wildman–Crippen MR) is 85.6 cm³/mol. The minimum Gasteiger partial charge on any atom is -0.398 e. The van der Waals surface area contributed by atoms with Gasteiger partial charge in [-0.2, -0.15) is 0 Å². The Morgan fingerprint density at radius 3 is 2.67 bits per heavy atom. The molecule has 0 bridgehead atoms. The number of amides is 1. The summed E-state index contributed by atoms with van der Waals surface area (Å²) in [7, 11) is 0. The molecule has 1 aromatic carbocycles. The second kappa shape index (κ2) is 6.24. The number of benzene rings is 1. The summed E-state index contributed by atoms with van der Waals surface area (Å²) in [6.07, 6.45) is 4.79. The van der Waals surface area contributed by atoms with Crippen LogP contribution in [0.3, 0.4) is 0 Å². The highest BCUT2D eigenvalue weighted by molar-refractivity contribution is 6.34. The van der Waals surface area contributed by atoms with Crippen molar-refractivity contribution in [1.82, 2.24) is 9.80 Å². The molecule has 2 heterocycles. The van der Waals surface area contributed by atoms with Gasteiger partial charge < -0.3 is 10.6 Å². The largest absolute Gasteiger partial charge is 0.398 e. The van der Waals surface area contributed by atoms with Crippen molar-refractivity contribution >= 4 is 23.2 Å². The maximum atomic E-state index is 12.7. The van der Waals surface area contributed by atoms with Gasteiger partial charge in [-0.1, -0.05) is 17.7 Å². The molecule has 21 heavy (non-hydrogen) atoms. The van der Waals surface area contributed by atoms with E-state index in [4.69, 9.17) is 17.3 Å². The molecule has 2 fully saturated rings. The van der Waals surface area contributed by atoms with Gasteiger partial charge >= 0.3 is 0 Å². The van der Waals surface area contributed by atoms with Gasteiger partial charge in [-0.15, -0.1) is 0 Å². The van der Waals surface area contributed by atoms with E-state index in [0.29, 0.717) is 22.3 Å². The van der Waals surface area contributed by atoms with E-state index in [0.717, 1.165) is 19.5 Å². The number of carbonyl (C=O) groups is 1. The lowest BCUT2D eigenvalue weighted by molar-refractivity contribution is 0.0609. The number of nitrogens with zero attached hydrogens (tertiary/aromatic N) is 2. The van der Waals surface area contributed by atoms with E-state index in [9.17, 15) is 4.79 Å². The van der Waals surface area contributed by atoms with Crippen LogP contribution >= 0.6 is 11.6 Å². The third-order valence-electron chi connectivity index (χ3n) is 4.60. The molecule has 2 aliphatic heterocycles.